The number of hydrogen-bond acceptors (Lipinski definition) is 7. The smallest absolute Gasteiger partial charge is 0.241 e. The van der Waals surface area contributed by atoms with Crippen LogP contribution in [0.1, 0.15) is 13.3 Å². The monoisotopic (exact) mass is 275 g/mol. The van der Waals surface area contributed by atoms with Crippen molar-refractivity contribution in [1.29, 1.82) is 0 Å². The normalized spacial score (nSPS) is 22.2. The summed E-state index contributed by atoms with van der Waals surface area (Å²) < 4.78 is 1.72. The van der Waals surface area contributed by atoms with Gasteiger partial charge in [-0.15, -0.1) is 0 Å². The zero-order chi connectivity index (χ0) is 14.2. The Hall–Kier alpha value is -2.22. The van der Waals surface area contributed by atoms with E-state index in [1.165, 1.54) is 0 Å². The Kier molecular flexibility index (Phi) is 3.01. The molecule has 106 valence electrons. The number of anilines is 2. The van der Waals surface area contributed by atoms with Gasteiger partial charge in [-0.2, -0.15) is 15.0 Å². The van der Waals surface area contributed by atoms with E-state index in [0.717, 1.165) is 6.54 Å². The number of rotatable bonds is 3. The van der Waals surface area contributed by atoms with E-state index in [1.54, 1.807) is 30.3 Å². The lowest BCUT2D eigenvalue weighted by Crippen LogP contribution is -2.31. The lowest BCUT2D eigenvalue weighted by molar-refractivity contribution is 0.0838. The Labute approximate surface area is 116 Å². The van der Waals surface area contributed by atoms with Crippen LogP contribution in [-0.4, -0.2) is 55.3 Å². The van der Waals surface area contributed by atoms with Crippen LogP contribution >= 0.6 is 0 Å². The molecule has 1 aliphatic rings. The van der Waals surface area contributed by atoms with Crippen molar-refractivity contribution in [2.75, 3.05) is 30.4 Å². The predicted octanol–water partition coefficient (Wildman–Crippen LogP) is 0.0601. The largest absolute Gasteiger partial charge is 0.388 e. The summed E-state index contributed by atoms with van der Waals surface area (Å²) in [5, 5.41) is 13.0. The van der Waals surface area contributed by atoms with Crippen molar-refractivity contribution in [2.45, 2.75) is 18.9 Å². The Bertz CT molecular complexity index is 596. The SMILES string of the molecule is CNc1nc(N2CCC(C)(O)C2)nc(-n2ccnc2)n1. The standard InChI is InChI=1S/C12H17N7O/c1-12(20)3-5-18(7-12)10-15-9(13-2)16-11(17-10)19-6-4-14-8-19/h4,6,8,20H,3,5,7H2,1-2H3,(H,13,15,16,17). The molecule has 0 bridgehead atoms. The number of imidazole rings is 1. The summed E-state index contributed by atoms with van der Waals surface area (Å²) in [7, 11) is 1.76. The average molecular weight is 275 g/mol. The molecule has 1 aliphatic heterocycles. The molecule has 1 fully saturated rings. The van der Waals surface area contributed by atoms with Gasteiger partial charge < -0.3 is 15.3 Å². The van der Waals surface area contributed by atoms with Crippen LogP contribution in [0.25, 0.3) is 5.95 Å². The lowest BCUT2D eigenvalue weighted by atomic mass is 10.1. The topological polar surface area (TPSA) is 92.0 Å². The number of aliphatic hydroxyl groups is 1. The van der Waals surface area contributed by atoms with Crippen LogP contribution in [0.4, 0.5) is 11.9 Å². The zero-order valence-electron chi connectivity index (χ0n) is 11.5. The Morgan fingerprint density at radius 1 is 1.30 bits per heavy atom. The van der Waals surface area contributed by atoms with Crippen molar-refractivity contribution in [3.63, 3.8) is 0 Å². The molecule has 0 aliphatic carbocycles. The molecule has 0 aromatic carbocycles. The van der Waals surface area contributed by atoms with Gasteiger partial charge in [-0.1, -0.05) is 0 Å². The first-order valence-corrected chi connectivity index (χ1v) is 6.47. The lowest BCUT2D eigenvalue weighted by Gasteiger charge is -2.19. The molecule has 2 aromatic rings. The molecule has 2 aromatic heterocycles. The predicted molar refractivity (Wildman–Crippen MR) is 73.9 cm³/mol. The fourth-order valence-electron chi connectivity index (χ4n) is 2.22. The van der Waals surface area contributed by atoms with Crippen LogP contribution in [-0.2, 0) is 0 Å². The van der Waals surface area contributed by atoms with E-state index in [-0.39, 0.29) is 0 Å². The van der Waals surface area contributed by atoms with Gasteiger partial charge in [-0.3, -0.25) is 4.57 Å². The second-order valence-corrected chi connectivity index (χ2v) is 5.15. The first-order valence-electron chi connectivity index (χ1n) is 6.47. The molecule has 0 spiro atoms. The summed E-state index contributed by atoms with van der Waals surface area (Å²) in [6.07, 6.45) is 5.79. The van der Waals surface area contributed by atoms with E-state index < -0.39 is 5.60 Å². The Balaban J connectivity index is 1.97. The minimum absolute atomic E-state index is 0.491. The van der Waals surface area contributed by atoms with Crippen molar-refractivity contribution >= 4 is 11.9 Å². The van der Waals surface area contributed by atoms with Crippen LogP contribution in [0.3, 0.4) is 0 Å². The van der Waals surface area contributed by atoms with Crippen molar-refractivity contribution in [3.05, 3.63) is 18.7 Å². The van der Waals surface area contributed by atoms with Gasteiger partial charge in [0.05, 0.1) is 5.60 Å². The molecule has 1 unspecified atom stereocenters. The highest BCUT2D eigenvalue weighted by Crippen LogP contribution is 2.24. The summed E-state index contributed by atoms with van der Waals surface area (Å²) in [6, 6.07) is 0. The van der Waals surface area contributed by atoms with Gasteiger partial charge in [0.25, 0.3) is 0 Å². The molecule has 8 heteroatoms. The van der Waals surface area contributed by atoms with Crippen LogP contribution in [0.2, 0.25) is 0 Å². The minimum Gasteiger partial charge on any atom is -0.388 e. The summed E-state index contributed by atoms with van der Waals surface area (Å²) in [6.45, 7) is 3.07. The molecule has 3 heterocycles. The zero-order valence-corrected chi connectivity index (χ0v) is 11.5. The highest BCUT2D eigenvalue weighted by Gasteiger charge is 2.33. The molecular weight excluding hydrogens is 258 g/mol. The van der Waals surface area contributed by atoms with E-state index in [0.29, 0.717) is 30.8 Å². The van der Waals surface area contributed by atoms with Crippen LogP contribution in [0, 0.1) is 0 Å². The Morgan fingerprint density at radius 2 is 2.10 bits per heavy atom. The summed E-state index contributed by atoms with van der Waals surface area (Å²) >= 11 is 0. The van der Waals surface area contributed by atoms with Crippen molar-refractivity contribution < 1.29 is 5.11 Å². The number of nitrogens with one attached hydrogen (secondary N) is 1. The molecule has 3 rings (SSSR count). The molecule has 1 atom stereocenters. The van der Waals surface area contributed by atoms with Crippen LogP contribution in [0.5, 0.6) is 0 Å². The number of β-amino-alcohol motifs (C(OH)–C–C–N with tert-alkyl or cyclic N) is 1. The fourth-order valence-corrected chi connectivity index (χ4v) is 2.22. The van der Waals surface area contributed by atoms with Gasteiger partial charge in [0.2, 0.25) is 17.8 Å². The molecule has 0 amide bonds. The maximum atomic E-state index is 10.1. The van der Waals surface area contributed by atoms with Gasteiger partial charge >= 0.3 is 0 Å². The van der Waals surface area contributed by atoms with Crippen LogP contribution in [0.15, 0.2) is 18.7 Å². The minimum atomic E-state index is -0.693. The summed E-state index contributed by atoms with van der Waals surface area (Å²) in [4.78, 5) is 19.1. The molecule has 20 heavy (non-hydrogen) atoms. The van der Waals surface area contributed by atoms with Gasteiger partial charge in [0.1, 0.15) is 6.33 Å². The highest BCUT2D eigenvalue weighted by atomic mass is 16.3. The molecule has 2 N–H and O–H groups in total. The van der Waals surface area contributed by atoms with Gasteiger partial charge in [0, 0.05) is 32.5 Å². The highest BCUT2D eigenvalue weighted by molar-refractivity contribution is 5.41. The first-order chi connectivity index (χ1) is 9.57. The van der Waals surface area contributed by atoms with Crippen LogP contribution < -0.4 is 10.2 Å². The van der Waals surface area contributed by atoms with Crippen molar-refractivity contribution in [2.24, 2.45) is 0 Å². The number of hydrogen-bond donors (Lipinski definition) is 2. The maximum Gasteiger partial charge on any atom is 0.241 e. The first kappa shape index (κ1) is 12.8. The average Bonchev–Trinajstić information content (AvgIpc) is 3.07. The van der Waals surface area contributed by atoms with Crippen molar-refractivity contribution in [1.82, 2.24) is 24.5 Å². The van der Waals surface area contributed by atoms with E-state index in [4.69, 9.17) is 0 Å². The molecule has 0 saturated carbocycles. The fraction of sp³-hybridized carbons (Fsp3) is 0.500. The number of aromatic nitrogens is 5. The second-order valence-electron chi connectivity index (χ2n) is 5.15. The third-order valence-electron chi connectivity index (χ3n) is 3.31. The summed E-state index contributed by atoms with van der Waals surface area (Å²) in [5.41, 5.74) is -0.693. The van der Waals surface area contributed by atoms with E-state index in [9.17, 15) is 5.11 Å². The molecule has 8 nitrogen and oxygen atoms in total. The molecule has 0 radical (unpaired) electrons. The maximum absolute atomic E-state index is 10.1. The second kappa shape index (κ2) is 4.71. The molecule has 1 saturated heterocycles. The van der Waals surface area contributed by atoms with Crippen molar-refractivity contribution in [3.8, 4) is 5.95 Å². The van der Waals surface area contributed by atoms with E-state index >= 15 is 0 Å². The molecular formula is C12H17N7O. The van der Waals surface area contributed by atoms with Gasteiger partial charge in [0.15, 0.2) is 0 Å². The quantitative estimate of drug-likeness (QED) is 0.818. The van der Waals surface area contributed by atoms with E-state index in [1.807, 2.05) is 11.8 Å². The van der Waals surface area contributed by atoms with Gasteiger partial charge in [-0.25, -0.2) is 4.98 Å². The van der Waals surface area contributed by atoms with E-state index in [2.05, 4.69) is 25.3 Å². The third-order valence-corrected chi connectivity index (χ3v) is 3.31. The number of nitrogens with zero attached hydrogens (tertiary/aromatic N) is 6. The Morgan fingerprint density at radius 3 is 2.70 bits per heavy atom. The van der Waals surface area contributed by atoms with Gasteiger partial charge in [-0.05, 0) is 13.3 Å². The summed E-state index contributed by atoms with van der Waals surface area (Å²) in [5.74, 6) is 1.56. The third kappa shape index (κ3) is 2.42.